The van der Waals surface area contributed by atoms with Gasteiger partial charge in [0.15, 0.2) is 0 Å². The Hall–Kier alpha value is -3.06. The van der Waals surface area contributed by atoms with Crippen LogP contribution < -0.4 is 19.7 Å². The number of hydrogen-bond acceptors (Lipinski definition) is 4. The quantitative estimate of drug-likeness (QED) is 0.385. The molecule has 0 aromatic heterocycles. The van der Waals surface area contributed by atoms with Crippen molar-refractivity contribution in [2.45, 2.75) is 0 Å². The molecular weight excluding hydrogens is 414 g/mol. The molecule has 2 N–H and O–H groups in total. The van der Waals surface area contributed by atoms with Crippen LogP contribution in [-0.2, 0) is 0 Å². The molecule has 0 fully saturated rings. The maximum Gasteiger partial charge on any atom is 0.124 e. The molecular formula is C24H20O4P2. The maximum atomic E-state index is 10.7. The van der Waals surface area contributed by atoms with Gasteiger partial charge >= 0.3 is 0 Å². The highest BCUT2D eigenvalue weighted by molar-refractivity contribution is 7.43. The van der Waals surface area contributed by atoms with Gasteiger partial charge in [-0.3, -0.25) is 0 Å². The van der Waals surface area contributed by atoms with E-state index in [0.717, 1.165) is 22.1 Å². The summed E-state index contributed by atoms with van der Waals surface area (Å²) < 4.78 is 11.8. The highest BCUT2D eigenvalue weighted by Gasteiger charge is 2.19. The molecule has 0 radical (unpaired) electrons. The SMILES string of the molecule is Oc1cccc(POc2ccccc2)c1-c1c(O)cccc1POc1ccccc1. The van der Waals surface area contributed by atoms with Crippen LogP contribution >= 0.6 is 17.6 Å². The molecule has 4 rings (SSSR count). The van der Waals surface area contributed by atoms with Crippen LogP contribution in [0, 0.1) is 0 Å². The second-order valence-electron chi connectivity index (χ2n) is 6.43. The summed E-state index contributed by atoms with van der Waals surface area (Å²) in [5.74, 6) is 1.67. The minimum absolute atomic E-state index is 0.0385. The second-order valence-corrected chi connectivity index (χ2v) is 8.33. The number of benzene rings is 4. The normalized spacial score (nSPS) is 11.3. The van der Waals surface area contributed by atoms with E-state index < -0.39 is 0 Å². The van der Waals surface area contributed by atoms with Crippen LogP contribution in [0.1, 0.15) is 0 Å². The Labute approximate surface area is 178 Å². The molecule has 0 amide bonds. The van der Waals surface area contributed by atoms with E-state index in [0.29, 0.717) is 11.1 Å². The predicted molar refractivity (Wildman–Crippen MR) is 125 cm³/mol. The van der Waals surface area contributed by atoms with Gasteiger partial charge in [-0.1, -0.05) is 60.7 Å². The molecule has 0 heterocycles. The molecule has 30 heavy (non-hydrogen) atoms. The smallest absolute Gasteiger partial charge is 0.124 e. The molecule has 0 aliphatic heterocycles. The van der Waals surface area contributed by atoms with Crippen LogP contribution in [0.4, 0.5) is 0 Å². The van der Waals surface area contributed by atoms with Gasteiger partial charge in [0.1, 0.15) is 40.6 Å². The Morgan fingerprint density at radius 2 is 0.867 bits per heavy atom. The fourth-order valence-electron chi connectivity index (χ4n) is 2.98. The van der Waals surface area contributed by atoms with Crippen LogP contribution in [0.3, 0.4) is 0 Å². The third-order valence-electron chi connectivity index (χ3n) is 4.38. The molecule has 0 saturated carbocycles. The lowest BCUT2D eigenvalue weighted by Crippen LogP contribution is -2.09. The molecule has 2 unspecified atom stereocenters. The van der Waals surface area contributed by atoms with E-state index in [1.165, 1.54) is 0 Å². The number of phenols is 2. The minimum Gasteiger partial charge on any atom is -0.507 e. The molecule has 4 aromatic carbocycles. The van der Waals surface area contributed by atoms with Gasteiger partial charge in [-0.05, 0) is 36.4 Å². The zero-order chi connectivity index (χ0) is 20.8. The summed E-state index contributed by atoms with van der Waals surface area (Å²) >= 11 is 0. The van der Waals surface area contributed by atoms with Gasteiger partial charge in [-0.25, -0.2) is 0 Å². The molecule has 6 heteroatoms. The number of aromatic hydroxyl groups is 2. The third-order valence-corrected chi connectivity index (χ3v) is 6.33. The van der Waals surface area contributed by atoms with Gasteiger partial charge < -0.3 is 19.3 Å². The van der Waals surface area contributed by atoms with E-state index in [9.17, 15) is 10.2 Å². The van der Waals surface area contributed by atoms with Crippen LogP contribution in [0.15, 0.2) is 97.1 Å². The first-order valence-corrected chi connectivity index (χ1v) is 11.1. The van der Waals surface area contributed by atoms with Crippen molar-refractivity contribution in [3.05, 3.63) is 97.1 Å². The summed E-state index contributed by atoms with van der Waals surface area (Å²) in [4.78, 5) is 0. The number of rotatable bonds is 7. The standard InChI is InChI=1S/C24H20O4P2/c25-19-13-7-15-21(29-27-17-9-3-1-4-10-17)23(19)24-20(26)14-8-16-22(24)30-28-18-11-5-2-6-12-18/h1-16,25-26,29-30H. The lowest BCUT2D eigenvalue weighted by atomic mass is 10.0. The van der Waals surface area contributed by atoms with Crippen molar-refractivity contribution in [3.63, 3.8) is 0 Å². The van der Waals surface area contributed by atoms with E-state index in [1.54, 1.807) is 24.3 Å². The third kappa shape index (κ3) is 4.74. The van der Waals surface area contributed by atoms with Gasteiger partial charge in [0, 0.05) is 21.7 Å². The van der Waals surface area contributed by atoms with Gasteiger partial charge in [-0.15, -0.1) is 0 Å². The van der Waals surface area contributed by atoms with Crippen molar-refractivity contribution in [2.24, 2.45) is 0 Å². The zero-order valence-electron chi connectivity index (χ0n) is 15.9. The molecule has 4 nitrogen and oxygen atoms in total. The monoisotopic (exact) mass is 434 g/mol. The van der Waals surface area contributed by atoms with E-state index in [4.69, 9.17) is 9.05 Å². The van der Waals surface area contributed by atoms with Gasteiger partial charge in [0.2, 0.25) is 0 Å². The van der Waals surface area contributed by atoms with Gasteiger partial charge in [-0.2, -0.15) is 0 Å². The molecule has 0 saturated heterocycles. The lowest BCUT2D eigenvalue weighted by Gasteiger charge is -2.17. The Morgan fingerprint density at radius 1 is 0.467 bits per heavy atom. The highest BCUT2D eigenvalue weighted by Crippen LogP contribution is 2.38. The minimum atomic E-state index is -0.0385. The maximum absolute atomic E-state index is 10.7. The van der Waals surface area contributed by atoms with E-state index in [2.05, 4.69) is 0 Å². The molecule has 0 bridgehead atoms. The molecule has 4 aromatic rings. The van der Waals surface area contributed by atoms with Gasteiger partial charge in [0.05, 0.1) is 0 Å². The topological polar surface area (TPSA) is 58.9 Å². The largest absolute Gasteiger partial charge is 0.507 e. The molecule has 0 aliphatic carbocycles. The van der Waals surface area contributed by atoms with Crippen molar-refractivity contribution >= 4 is 28.2 Å². The van der Waals surface area contributed by atoms with E-state index >= 15 is 0 Å². The number of hydrogen-bond donors (Lipinski definition) is 2. The fourth-order valence-corrected chi connectivity index (χ4v) is 4.75. The zero-order valence-corrected chi connectivity index (χ0v) is 17.9. The van der Waals surface area contributed by atoms with Crippen molar-refractivity contribution in [3.8, 4) is 34.1 Å². The van der Waals surface area contributed by atoms with Crippen LogP contribution in [0.5, 0.6) is 23.0 Å². The van der Waals surface area contributed by atoms with E-state index in [-0.39, 0.29) is 29.1 Å². The average molecular weight is 434 g/mol. The lowest BCUT2D eigenvalue weighted by molar-refractivity contribution is 0.470. The van der Waals surface area contributed by atoms with Crippen LogP contribution in [0.2, 0.25) is 0 Å². The van der Waals surface area contributed by atoms with Gasteiger partial charge in [0.25, 0.3) is 0 Å². The molecule has 2 atom stereocenters. The van der Waals surface area contributed by atoms with Crippen LogP contribution in [0.25, 0.3) is 11.1 Å². The summed E-state index contributed by atoms with van der Waals surface area (Å²) in [7, 11) is -0.0771. The first-order chi connectivity index (χ1) is 14.7. The number of para-hydroxylation sites is 2. The Morgan fingerprint density at radius 3 is 1.27 bits per heavy atom. The van der Waals surface area contributed by atoms with Crippen molar-refractivity contribution < 1.29 is 19.3 Å². The number of phenolic OH excluding ortho intramolecular Hbond substituents is 2. The Bertz CT molecular complexity index is 1030. The summed E-state index contributed by atoms with van der Waals surface area (Å²) in [6.45, 7) is 0. The van der Waals surface area contributed by atoms with Crippen LogP contribution in [-0.4, -0.2) is 10.2 Å². The summed E-state index contributed by atoms with van der Waals surface area (Å²) in [6.07, 6.45) is 0. The molecule has 150 valence electrons. The first-order valence-electron chi connectivity index (χ1n) is 9.32. The van der Waals surface area contributed by atoms with E-state index in [1.807, 2.05) is 72.8 Å². The second kappa shape index (κ2) is 9.63. The summed E-state index contributed by atoms with van der Waals surface area (Å²) in [6, 6.07) is 29.6. The Kier molecular flexibility index (Phi) is 6.49. The first kappa shape index (κ1) is 20.2. The average Bonchev–Trinajstić information content (AvgIpc) is 2.78. The van der Waals surface area contributed by atoms with Crippen molar-refractivity contribution in [1.29, 1.82) is 0 Å². The summed E-state index contributed by atoms with van der Waals surface area (Å²) in [5, 5.41) is 22.9. The Balaban J connectivity index is 1.67. The van der Waals surface area contributed by atoms with Crippen molar-refractivity contribution in [1.82, 2.24) is 0 Å². The predicted octanol–water partition coefficient (Wildman–Crippen LogP) is 5.36. The molecule has 0 spiro atoms. The fraction of sp³-hybridized carbons (Fsp3) is 0. The highest BCUT2D eigenvalue weighted by atomic mass is 31.1. The summed E-state index contributed by atoms with van der Waals surface area (Å²) in [5.41, 5.74) is 1.12. The molecule has 0 aliphatic rings. The van der Waals surface area contributed by atoms with Crippen molar-refractivity contribution in [2.75, 3.05) is 0 Å².